The van der Waals surface area contributed by atoms with Gasteiger partial charge in [-0.05, 0) is 30.2 Å². The quantitative estimate of drug-likeness (QED) is 0.596. The molecule has 0 bridgehead atoms. The van der Waals surface area contributed by atoms with Crippen LogP contribution in [0.2, 0.25) is 0 Å². The van der Waals surface area contributed by atoms with Crippen molar-refractivity contribution in [2.24, 2.45) is 0 Å². The van der Waals surface area contributed by atoms with Gasteiger partial charge >= 0.3 is 5.97 Å². The number of hydrogen-bond acceptors (Lipinski definition) is 3. The Morgan fingerprint density at radius 1 is 1.04 bits per heavy atom. The second-order valence-electron chi connectivity index (χ2n) is 5.09. The van der Waals surface area contributed by atoms with Crippen LogP contribution in [-0.4, -0.2) is 24.8 Å². The van der Waals surface area contributed by atoms with Crippen LogP contribution in [0.3, 0.4) is 0 Å². The van der Waals surface area contributed by atoms with E-state index in [1.165, 1.54) is 7.11 Å². The van der Waals surface area contributed by atoms with Gasteiger partial charge in [-0.3, -0.25) is 4.79 Å². The molecule has 134 valence electrons. The molecular formula is C17H14F4O4. The number of halogens is 4. The van der Waals surface area contributed by atoms with Crippen LogP contribution in [0.5, 0.6) is 11.5 Å². The number of methoxy groups -OCH3 is 1. The van der Waals surface area contributed by atoms with Gasteiger partial charge in [-0.15, -0.1) is 0 Å². The molecule has 2 rings (SSSR count). The number of benzene rings is 2. The summed E-state index contributed by atoms with van der Waals surface area (Å²) in [6, 6.07) is 3.52. The van der Waals surface area contributed by atoms with E-state index in [4.69, 9.17) is 14.6 Å². The van der Waals surface area contributed by atoms with Crippen LogP contribution >= 0.6 is 0 Å². The van der Waals surface area contributed by atoms with Gasteiger partial charge in [0.15, 0.2) is 29.0 Å². The van der Waals surface area contributed by atoms with Gasteiger partial charge in [0.2, 0.25) is 0 Å². The van der Waals surface area contributed by atoms with Crippen LogP contribution in [0.25, 0.3) is 11.1 Å². The Kier molecular flexibility index (Phi) is 5.84. The highest BCUT2D eigenvalue weighted by Crippen LogP contribution is 2.33. The minimum Gasteiger partial charge on any atom is -0.497 e. The number of carboxylic acids is 1. The maximum absolute atomic E-state index is 14.1. The fraction of sp³-hybridized carbons (Fsp3) is 0.235. The van der Waals surface area contributed by atoms with Crippen molar-refractivity contribution in [2.45, 2.75) is 12.8 Å². The van der Waals surface area contributed by atoms with Gasteiger partial charge in [-0.25, -0.2) is 17.6 Å². The highest BCUT2D eigenvalue weighted by Gasteiger charge is 2.18. The van der Waals surface area contributed by atoms with Crippen molar-refractivity contribution in [3.8, 4) is 22.6 Å². The lowest BCUT2D eigenvalue weighted by Crippen LogP contribution is -2.05. The van der Waals surface area contributed by atoms with Crippen molar-refractivity contribution in [3.63, 3.8) is 0 Å². The van der Waals surface area contributed by atoms with Gasteiger partial charge in [0.25, 0.3) is 0 Å². The maximum Gasteiger partial charge on any atom is 0.303 e. The highest BCUT2D eigenvalue weighted by atomic mass is 19.2. The molecule has 0 heterocycles. The van der Waals surface area contributed by atoms with E-state index in [0.717, 1.165) is 24.3 Å². The summed E-state index contributed by atoms with van der Waals surface area (Å²) in [6.45, 7) is -0.207. The smallest absolute Gasteiger partial charge is 0.303 e. The summed E-state index contributed by atoms with van der Waals surface area (Å²) in [6.07, 6.45) is -0.151. The summed E-state index contributed by atoms with van der Waals surface area (Å²) in [4.78, 5) is 10.4. The van der Waals surface area contributed by atoms with Crippen LogP contribution in [0, 0.1) is 23.3 Å². The van der Waals surface area contributed by atoms with Crippen molar-refractivity contribution in [3.05, 3.63) is 47.5 Å². The fourth-order valence-electron chi connectivity index (χ4n) is 2.14. The van der Waals surface area contributed by atoms with Crippen molar-refractivity contribution in [1.29, 1.82) is 0 Å². The third kappa shape index (κ3) is 4.40. The zero-order valence-corrected chi connectivity index (χ0v) is 13.1. The average molecular weight is 358 g/mol. The van der Waals surface area contributed by atoms with E-state index in [1.54, 1.807) is 0 Å². The van der Waals surface area contributed by atoms with E-state index in [9.17, 15) is 22.4 Å². The zero-order valence-electron chi connectivity index (χ0n) is 13.1. The van der Waals surface area contributed by atoms with E-state index in [2.05, 4.69) is 0 Å². The molecule has 4 nitrogen and oxygen atoms in total. The number of hydrogen-bond donors (Lipinski definition) is 1. The molecule has 0 spiro atoms. The summed E-state index contributed by atoms with van der Waals surface area (Å²) in [5.41, 5.74) is -0.602. The van der Waals surface area contributed by atoms with Crippen molar-refractivity contribution in [1.82, 2.24) is 0 Å². The Morgan fingerprint density at radius 2 is 1.68 bits per heavy atom. The lowest BCUT2D eigenvalue weighted by Gasteiger charge is -2.11. The van der Waals surface area contributed by atoms with Crippen LogP contribution in [-0.2, 0) is 4.79 Å². The molecule has 0 radical (unpaired) electrons. The Balaban J connectivity index is 2.31. The molecule has 2 aromatic rings. The first kappa shape index (κ1) is 18.6. The second-order valence-corrected chi connectivity index (χ2v) is 5.09. The Bertz CT molecular complexity index is 769. The summed E-state index contributed by atoms with van der Waals surface area (Å²) in [5, 5.41) is 8.49. The predicted molar refractivity (Wildman–Crippen MR) is 80.6 cm³/mol. The zero-order chi connectivity index (χ0) is 18.6. The Morgan fingerprint density at radius 3 is 2.24 bits per heavy atom. The van der Waals surface area contributed by atoms with Gasteiger partial charge in [0.05, 0.1) is 13.7 Å². The Labute approximate surface area is 140 Å². The highest BCUT2D eigenvalue weighted by molar-refractivity contribution is 5.67. The van der Waals surface area contributed by atoms with E-state index >= 15 is 0 Å². The first-order valence-electron chi connectivity index (χ1n) is 7.20. The van der Waals surface area contributed by atoms with Crippen LogP contribution in [0.1, 0.15) is 12.8 Å². The van der Waals surface area contributed by atoms with E-state index in [-0.39, 0.29) is 36.3 Å². The average Bonchev–Trinajstić information content (AvgIpc) is 2.55. The van der Waals surface area contributed by atoms with Gasteiger partial charge in [0.1, 0.15) is 5.75 Å². The van der Waals surface area contributed by atoms with E-state index in [1.807, 2.05) is 0 Å². The lowest BCUT2D eigenvalue weighted by atomic mass is 10.0. The fourth-order valence-corrected chi connectivity index (χ4v) is 2.14. The van der Waals surface area contributed by atoms with Gasteiger partial charge in [-0.1, -0.05) is 0 Å². The largest absolute Gasteiger partial charge is 0.497 e. The lowest BCUT2D eigenvalue weighted by molar-refractivity contribution is -0.137. The molecule has 0 aliphatic heterocycles. The topological polar surface area (TPSA) is 55.8 Å². The second kappa shape index (κ2) is 7.87. The van der Waals surface area contributed by atoms with Gasteiger partial charge in [-0.2, -0.15) is 0 Å². The predicted octanol–water partition coefficient (Wildman–Crippen LogP) is 4.16. The molecule has 0 saturated heterocycles. The van der Waals surface area contributed by atoms with Crippen LogP contribution < -0.4 is 9.47 Å². The number of carbonyl (C=O) groups is 1. The normalized spacial score (nSPS) is 10.6. The minimum atomic E-state index is -1.27. The molecular weight excluding hydrogens is 344 g/mol. The summed E-state index contributed by atoms with van der Waals surface area (Å²) in [5.74, 6) is -6.50. The van der Waals surface area contributed by atoms with Crippen LogP contribution in [0.4, 0.5) is 17.6 Å². The molecule has 25 heavy (non-hydrogen) atoms. The number of carboxylic acid groups (broad SMARTS) is 1. The number of aliphatic carboxylic acids is 1. The summed E-state index contributed by atoms with van der Waals surface area (Å²) in [7, 11) is 1.24. The van der Waals surface area contributed by atoms with E-state index < -0.39 is 35.0 Å². The minimum absolute atomic E-state index is 0.0105. The molecule has 0 aliphatic rings. The molecule has 1 N–H and O–H groups in total. The van der Waals surface area contributed by atoms with Crippen molar-refractivity contribution < 1.29 is 36.9 Å². The molecule has 0 fully saturated rings. The standard InChI is InChI=1S/C17H14F4O4/c1-24-10-7-11(16(21)12(18)8-10)9-5-13(19)17(14(20)6-9)25-4-2-3-15(22)23/h5-8H,2-4H2,1H3,(H,22,23). The summed E-state index contributed by atoms with van der Waals surface area (Å²) >= 11 is 0. The van der Waals surface area contributed by atoms with Crippen molar-refractivity contribution >= 4 is 5.97 Å². The third-order valence-electron chi connectivity index (χ3n) is 3.33. The first-order chi connectivity index (χ1) is 11.8. The van der Waals surface area contributed by atoms with Gasteiger partial charge in [0, 0.05) is 18.1 Å². The first-order valence-corrected chi connectivity index (χ1v) is 7.20. The van der Waals surface area contributed by atoms with Crippen molar-refractivity contribution in [2.75, 3.05) is 13.7 Å². The number of ether oxygens (including phenoxy) is 2. The van der Waals surface area contributed by atoms with Gasteiger partial charge < -0.3 is 14.6 Å². The molecule has 0 saturated carbocycles. The SMILES string of the molecule is COc1cc(F)c(F)c(-c2cc(F)c(OCCCC(=O)O)c(F)c2)c1. The molecule has 0 aliphatic carbocycles. The molecule has 0 amide bonds. The van der Waals surface area contributed by atoms with E-state index in [0.29, 0.717) is 0 Å². The molecule has 0 unspecified atom stereocenters. The maximum atomic E-state index is 14.1. The molecule has 8 heteroatoms. The third-order valence-corrected chi connectivity index (χ3v) is 3.33. The molecule has 0 aromatic heterocycles. The Hall–Kier alpha value is -2.77. The number of rotatable bonds is 7. The monoisotopic (exact) mass is 358 g/mol. The van der Waals surface area contributed by atoms with Crippen LogP contribution in [0.15, 0.2) is 24.3 Å². The summed E-state index contributed by atoms with van der Waals surface area (Å²) < 4.78 is 65.3. The molecule has 2 aromatic carbocycles. The molecule has 0 atom stereocenters.